The van der Waals surface area contributed by atoms with Crippen molar-refractivity contribution in [1.29, 1.82) is 0 Å². The average Bonchev–Trinajstić information content (AvgIpc) is 2.48. The van der Waals surface area contributed by atoms with Crippen LogP contribution in [0.25, 0.3) is 0 Å². The van der Waals surface area contributed by atoms with Crippen molar-refractivity contribution in [2.45, 2.75) is 18.9 Å². The van der Waals surface area contributed by atoms with Crippen molar-refractivity contribution in [2.75, 3.05) is 32.8 Å². The zero-order chi connectivity index (χ0) is 15.6. The largest absolute Gasteiger partial charge is 0.390 e. The maximum atomic E-state index is 14.4. The van der Waals surface area contributed by atoms with E-state index < -0.39 is 24.4 Å². The smallest absolute Gasteiger partial charge is 0.290 e. The second kappa shape index (κ2) is 7.84. The summed E-state index contributed by atoms with van der Waals surface area (Å²) in [6, 6.07) is 1.29. The first-order valence-electron chi connectivity index (χ1n) is 6.76. The van der Waals surface area contributed by atoms with Crippen LogP contribution in [-0.2, 0) is 0 Å². The lowest BCUT2D eigenvalue weighted by Crippen LogP contribution is -2.51. The van der Waals surface area contributed by atoms with Gasteiger partial charge in [-0.05, 0) is 18.6 Å². The van der Waals surface area contributed by atoms with E-state index in [0.29, 0.717) is 26.2 Å². The molecule has 0 aliphatic carbocycles. The predicted octanol–water partition coefficient (Wildman–Crippen LogP) is 2.78. The SMILES string of the molecule is Cc1ccc(Cl)c([C@@H](N2CCNCC2)C(F)(F)CO)c1F.Cl. The van der Waals surface area contributed by atoms with E-state index in [9.17, 15) is 13.2 Å². The standard InChI is InChI=1S/C14H18ClF3N2O.ClH/c1-9-2-3-10(15)11(12(9)16)13(14(17,18)8-21)20-6-4-19-5-7-20;/h2-3,13,19,21H,4-8H2,1H3;1H/t13-;/m1./s1. The summed E-state index contributed by atoms with van der Waals surface area (Å²) < 4.78 is 42.9. The minimum absolute atomic E-state index is 0. The molecule has 0 bridgehead atoms. The van der Waals surface area contributed by atoms with Gasteiger partial charge in [-0.1, -0.05) is 17.7 Å². The first-order valence-corrected chi connectivity index (χ1v) is 7.14. The molecule has 0 radical (unpaired) electrons. The van der Waals surface area contributed by atoms with Crippen LogP contribution in [0.2, 0.25) is 5.02 Å². The van der Waals surface area contributed by atoms with Gasteiger partial charge in [0.05, 0.1) is 0 Å². The number of aliphatic hydroxyl groups excluding tert-OH is 1. The molecule has 126 valence electrons. The van der Waals surface area contributed by atoms with Crippen LogP contribution < -0.4 is 5.32 Å². The Morgan fingerprint density at radius 1 is 1.36 bits per heavy atom. The van der Waals surface area contributed by atoms with Gasteiger partial charge in [-0.25, -0.2) is 13.2 Å². The second-order valence-electron chi connectivity index (χ2n) is 5.20. The molecule has 3 nitrogen and oxygen atoms in total. The van der Waals surface area contributed by atoms with Crippen molar-refractivity contribution >= 4 is 24.0 Å². The molecule has 22 heavy (non-hydrogen) atoms. The fourth-order valence-electron chi connectivity index (χ4n) is 2.62. The number of hydrogen-bond donors (Lipinski definition) is 2. The Kier molecular flexibility index (Phi) is 6.95. The molecule has 1 aliphatic rings. The Hall–Kier alpha value is -0.530. The van der Waals surface area contributed by atoms with Crippen molar-refractivity contribution < 1.29 is 18.3 Å². The number of hydrogen-bond acceptors (Lipinski definition) is 3. The van der Waals surface area contributed by atoms with E-state index in [1.54, 1.807) is 0 Å². The molecule has 1 fully saturated rings. The summed E-state index contributed by atoms with van der Waals surface area (Å²) in [6.07, 6.45) is 0. The van der Waals surface area contributed by atoms with Crippen molar-refractivity contribution in [3.8, 4) is 0 Å². The number of nitrogens with zero attached hydrogens (tertiary/aromatic N) is 1. The highest BCUT2D eigenvalue weighted by atomic mass is 35.5. The third-order valence-corrected chi connectivity index (χ3v) is 4.05. The summed E-state index contributed by atoms with van der Waals surface area (Å²) in [5, 5.41) is 12.1. The molecule has 2 N–H and O–H groups in total. The van der Waals surface area contributed by atoms with Crippen molar-refractivity contribution in [3.63, 3.8) is 0 Å². The number of benzene rings is 1. The highest BCUT2D eigenvalue weighted by Gasteiger charge is 2.46. The highest BCUT2D eigenvalue weighted by molar-refractivity contribution is 6.31. The van der Waals surface area contributed by atoms with E-state index >= 15 is 0 Å². The molecule has 1 atom stereocenters. The fourth-order valence-corrected chi connectivity index (χ4v) is 2.87. The van der Waals surface area contributed by atoms with E-state index in [-0.39, 0.29) is 28.6 Å². The third-order valence-electron chi connectivity index (χ3n) is 3.72. The Balaban J connectivity index is 0.00000242. The normalized spacial score (nSPS) is 17.9. The van der Waals surface area contributed by atoms with Crippen LogP contribution in [0, 0.1) is 12.7 Å². The average molecular weight is 359 g/mol. The molecule has 0 saturated carbocycles. The van der Waals surface area contributed by atoms with Crippen LogP contribution in [0.5, 0.6) is 0 Å². The zero-order valence-corrected chi connectivity index (χ0v) is 13.7. The van der Waals surface area contributed by atoms with Crippen LogP contribution in [-0.4, -0.2) is 48.7 Å². The Morgan fingerprint density at radius 2 is 1.95 bits per heavy atom. The Morgan fingerprint density at radius 3 is 2.50 bits per heavy atom. The maximum Gasteiger partial charge on any atom is 0.290 e. The van der Waals surface area contributed by atoms with E-state index in [2.05, 4.69) is 5.32 Å². The van der Waals surface area contributed by atoms with Crippen LogP contribution in [0.4, 0.5) is 13.2 Å². The number of nitrogens with one attached hydrogen (secondary N) is 1. The molecule has 0 amide bonds. The lowest BCUT2D eigenvalue weighted by atomic mass is 9.96. The van der Waals surface area contributed by atoms with E-state index in [1.807, 2.05) is 0 Å². The number of aryl methyl sites for hydroxylation is 1. The van der Waals surface area contributed by atoms with Crippen LogP contribution in [0.1, 0.15) is 17.2 Å². The first kappa shape index (κ1) is 19.5. The van der Waals surface area contributed by atoms with Gasteiger partial charge in [0.15, 0.2) is 0 Å². The number of piperazine rings is 1. The number of aliphatic hydroxyl groups is 1. The van der Waals surface area contributed by atoms with Gasteiger partial charge < -0.3 is 10.4 Å². The zero-order valence-electron chi connectivity index (χ0n) is 12.1. The minimum atomic E-state index is -3.48. The van der Waals surface area contributed by atoms with Gasteiger partial charge in [-0.2, -0.15) is 0 Å². The summed E-state index contributed by atoms with van der Waals surface area (Å²) in [6.45, 7) is 1.88. The third kappa shape index (κ3) is 3.86. The van der Waals surface area contributed by atoms with E-state index in [1.165, 1.54) is 24.0 Å². The molecular formula is C14H19Cl2F3N2O. The van der Waals surface area contributed by atoms with Gasteiger partial charge >= 0.3 is 0 Å². The van der Waals surface area contributed by atoms with Gasteiger partial charge in [0, 0.05) is 36.8 Å². The van der Waals surface area contributed by atoms with Crippen molar-refractivity contribution in [2.24, 2.45) is 0 Å². The van der Waals surface area contributed by atoms with Crippen molar-refractivity contribution in [3.05, 3.63) is 34.1 Å². The van der Waals surface area contributed by atoms with E-state index in [4.69, 9.17) is 16.7 Å². The van der Waals surface area contributed by atoms with E-state index in [0.717, 1.165) is 0 Å². The van der Waals surface area contributed by atoms with Crippen LogP contribution in [0.3, 0.4) is 0 Å². The monoisotopic (exact) mass is 358 g/mol. The minimum Gasteiger partial charge on any atom is -0.390 e. The molecule has 0 spiro atoms. The number of alkyl halides is 2. The summed E-state index contributed by atoms with van der Waals surface area (Å²) in [5.74, 6) is -4.21. The molecule has 1 heterocycles. The molecule has 2 rings (SSSR count). The molecule has 1 aromatic carbocycles. The number of rotatable bonds is 4. The second-order valence-corrected chi connectivity index (χ2v) is 5.61. The topological polar surface area (TPSA) is 35.5 Å². The summed E-state index contributed by atoms with van der Waals surface area (Å²) in [5.41, 5.74) is 0.0147. The molecule has 8 heteroatoms. The Labute approximate surface area is 138 Å². The van der Waals surface area contributed by atoms with Gasteiger partial charge in [0.25, 0.3) is 5.92 Å². The highest BCUT2D eigenvalue weighted by Crippen LogP contribution is 2.41. The van der Waals surface area contributed by atoms with Gasteiger partial charge in [-0.3, -0.25) is 4.90 Å². The molecule has 1 aromatic rings. The predicted molar refractivity (Wildman–Crippen MR) is 82.6 cm³/mol. The van der Waals surface area contributed by atoms with Gasteiger partial charge in [-0.15, -0.1) is 12.4 Å². The van der Waals surface area contributed by atoms with Gasteiger partial charge in [0.1, 0.15) is 18.5 Å². The van der Waals surface area contributed by atoms with Crippen LogP contribution in [0.15, 0.2) is 12.1 Å². The number of halogens is 5. The summed E-state index contributed by atoms with van der Waals surface area (Å²) in [4.78, 5) is 1.47. The Bertz CT molecular complexity index is 511. The molecule has 0 unspecified atom stereocenters. The molecule has 1 saturated heterocycles. The van der Waals surface area contributed by atoms with Gasteiger partial charge in [0.2, 0.25) is 0 Å². The molecular weight excluding hydrogens is 340 g/mol. The maximum absolute atomic E-state index is 14.4. The lowest BCUT2D eigenvalue weighted by Gasteiger charge is -2.39. The molecule has 0 aromatic heterocycles. The summed E-state index contributed by atoms with van der Waals surface area (Å²) in [7, 11) is 0. The van der Waals surface area contributed by atoms with Crippen molar-refractivity contribution in [1.82, 2.24) is 10.2 Å². The fraction of sp³-hybridized carbons (Fsp3) is 0.571. The lowest BCUT2D eigenvalue weighted by molar-refractivity contribution is -0.119. The first-order chi connectivity index (χ1) is 9.88. The summed E-state index contributed by atoms with van der Waals surface area (Å²) >= 11 is 5.98. The quantitative estimate of drug-likeness (QED) is 0.868. The molecule has 1 aliphatic heterocycles. The van der Waals surface area contributed by atoms with Crippen LogP contribution >= 0.6 is 24.0 Å².